The van der Waals surface area contributed by atoms with Gasteiger partial charge in [-0.2, -0.15) is 0 Å². The standard InChI is InChI=1S/C24H28ClN5O4S/c1-35(33,34)28-22(29-14-2-3-15-29)17-6-10-19(11-7-17)26-23(31)21-5-4-16-30(21)24(32)27-20-12-8-18(25)9-13-20/h6-13,21H,2-5,14-16H2,1H3,(H,26,31)(H,27,32). The Morgan fingerprint density at radius 3 is 2.14 bits per heavy atom. The van der Waals surface area contributed by atoms with Crippen LogP contribution in [0.5, 0.6) is 0 Å². The molecular formula is C24H28ClN5O4S. The summed E-state index contributed by atoms with van der Waals surface area (Å²) in [6.45, 7) is 1.99. The predicted octanol–water partition coefficient (Wildman–Crippen LogP) is 3.78. The van der Waals surface area contributed by atoms with Crippen LogP contribution in [0.1, 0.15) is 31.2 Å². The number of amides is 3. The summed E-state index contributed by atoms with van der Waals surface area (Å²) in [6.07, 6.45) is 4.35. The third-order valence-electron chi connectivity index (χ3n) is 5.98. The first-order valence-electron chi connectivity index (χ1n) is 11.5. The lowest BCUT2D eigenvalue weighted by Crippen LogP contribution is -2.45. The minimum absolute atomic E-state index is 0.272. The van der Waals surface area contributed by atoms with Crippen molar-refractivity contribution in [1.29, 1.82) is 0 Å². The van der Waals surface area contributed by atoms with Crippen LogP contribution in [0, 0.1) is 0 Å². The number of hydrogen-bond acceptors (Lipinski definition) is 4. The molecule has 0 bridgehead atoms. The molecule has 1 unspecified atom stereocenters. The molecular weight excluding hydrogens is 490 g/mol. The van der Waals surface area contributed by atoms with E-state index in [0.29, 0.717) is 40.8 Å². The van der Waals surface area contributed by atoms with Crippen molar-refractivity contribution in [1.82, 2.24) is 9.80 Å². The van der Waals surface area contributed by atoms with Crippen LogP contribution in [0.15, 0.2) is 52.9 Å². The normalized spacial score (nSPS) is 18.6. The molecule has 2 heterocycles. The molecule has 2 saturated heterocycles. The van der Waals surface area contributed by atoms with E-state index < -0.39 is 16.1 Å². The lowest BCUT2D eigenvalue weighted by molar-refractivity contribution is -0.119. The SMILES string of the molecule is CS(=O)(=O)N=C(c1ccc(NC(=O)C2CCCN2C(=O)Nc2ccc(Cl)cc2)cc1)N1CCCC1. The number of likely N-dealkylation sites (tertiary alicyclic amines) is 2. The smallest absolute Gasteiger partial charge is 0.322 e. The van der Waals surface area contributed by atoms with Crippen LogP contribution in [0.25, 0.3) is 0 Å². The van der Waals surface area contributed by atoms with E-state index in [4.69, 9.17) is 11.6 Å². The zero-order chi connectivity index (χ0) is 25.0. The first-order valence-corrected chi connectivity index (χ1v) is 13.7. The molecule has 0 aromatic heterocycles. The van der Waals surface area contributed by atoms with Gasteiger partial charge in [0, 0.05) is 41.6 Å². The highest BCUT2D eigenvalue weighted by Gasteiger charge is 2.34. The highest BCUT2D eigenvalue weighted by Crippen LogP contribution is 2.22. The third-order valence-corrected chi connectivity index (χ3v) is 6.74. The molecule has 2 aliphatic heterocycles. The number of sulfonamides is 1. The van der Waals surface area contributed by atoms with E-state index in [9.17, 15) is 18.0 Å². The summed E-state index contributed by atoms with van der Waals surface area (Å²) in [5, 5.41) is 6.25. The van der Waals surface area contributed by atoms with E-state index in [1.807, 2.05) is 4.90 Å². The molecule has 9 nitrogen and oxygen atoms in total. The number of anilines is 2. The molecule has 1 atom stereocenters. The number of halogens is 1. The van der Waals surface area contributed by atoms with Crippen LogP contribution in [0.2, 0.25) is 5.02 Å². The predicted molar refractivity (Wildman–Crippen MR) is 137 cm³/mol. The second-order valence-corrected chi connectivity index (χ2v) is 10.8. The summed E-state index contributed by atoms with van der Waals surface area (Å²) >= 11 is 5.89. The number of benzene rings is 2. The molecule has 2 N–H and O–H groups in total. The number of hydrogen-bond donors (Lipinski definition) is 2. The Morgan fingerprint density at radius 2 is 1.51 bits per heavy atom. The van der Waals surface area contributed by atoms with Gasteiger partial charge in [-0.1, -0.05) is 11.6 Å². The molecule has 0 saturated carbocycles. The summed E-state index contributed by atoms with van der Waals surface area (Å²) in [6, 6.07) is 12.8. The second kappa shape index (κ2) is 10.7. The van der Waals surface area contributed by atoms with Crippen molar-refractivity contribution in [2.75, 3.05) is 36.5 Å². The average molecular weight is 518 g/mol. The first kappa shape index (κ1) is 25.0. The van der Waals surface area contributed by atoms with Gasteiger partial charge in [0.2, 0.25) is 5.91 Å². The minimum Gasteiger partial charge on any atom is -0.355 e. The number of carbonyl (C=O) groups is 2. The molecule has 11 heteroatoms. The number of nitrogens with zero attached hydrogens (tertiary/aromatic N) is 3. The fraction of sp³-hybridized carbons (Fsp3) is 0.375. The molecule has 2 aromatic carbocycles. The summed E-state index contributed by atoms with van der Waals surface area (Å²) < 4.78 is 27.6. The van der Waals surface area contributed by atoms with Crippen LogP contribution in [-0.4, -0.2) is 67.9 Å². The Hall–Kier alpha value is -3.11. The Balaban J connectivity index is 1.43. The van der Waals surface area contributed by atoms with Crippen molar-refractivity contribution >= 4 is 50.8 Å². The second-order valence-electron chi connectivity index (χ2n) is 8.70. The maximum atomic E-state index is 13.0. The van der Waals surface area contributed by atoms with Crippen molar-refractivity contribution in [3.05, 3.63) is 59.1 Å². The van der Waals surface area contributed by atoms with Crippen LogP contribution in [0.3, 0.4) is 0 Å². The van der Waals surface area contributed by atoms with E-state index in [-0.39, 0.29) is 11.9 Å². The molecule has 4 rings (SSSR count). The van der Waals surface area contributed by atoms with Gasteiger partial charge in [0.25, 0.3) is 10.0 Å². The van der Waals surface area contributed by atoms with E-state index in [1.54, 1.807) is 48.5 Å². The molecule has 3 amide bonds. The molecule has 2 aromatic rings. The van der Waals surface area contributed by atoms with Crippen LogP contribution in [-0.2, 0) is 14.8 Å². The summed E-state index contributed by atoms with van der Waals surface area (Å²) in [4.78, 5) is 29.2. The van der Waals surface area contributed by atoms with Gasteiger partial charge in [-0.25, -0.2) is 13.2 Å². The maximum absolute atomic E-state index is 13.0. The van der Waals surface area contributed by atoms with Crippen LogP contribution in [0.4, 0.5) is 16.2 Å². The molecule has 2 aliphatic rings. The molecule has 2 fully saturated rings. The Kier molecular flexibility index (Phi) is 7.61. The number of rotatable bonds is 5. The number of carbonyl (C=O) groups excluding carboxylic acids is 2. The van der Waals surface area contributed by atoms with Crippen molar-refractivity contribution in [2.45, 2.75) is 31.7 Å². The topological polar surface area (TPSA) is 111 Å². The van der Waals surface area contributed by atoms with E-state index in [2.05, 4.69) is 15.0 Å². The number of nitrogens with one attached hydrogen (secondary N) is 2. The Labute approximate surface area is 210 Å². The first-order chi connectivity index (χ1) is 16.7. The number of amidine groups is 1. The van der Waals surface area contributed by atoms with Gasteiger partial charge in [0.15, 0.2) is 0 Å². The molecule has 35 heavy (non-hydrogen) atoms. The minimum atomic E-state index is -3.56. The van der Waals surface area contributed by atoms with Gasteiger partial charge in [-0.15, -0.1) is 4.40 Å². The largest absolute Gasteiger partial charge is 0.355 e. The Bertz CT molecular complexity index is 1210. The van der Waals surface area contributed by atoms with Crippen molar-refractivity contribution in [3.63, 3.8) is 0 Å². The van der Waals surface area contributed by atoms with Crippen molar-refractivity contribution < 1.29 is 18.0 Å². The van der Waals surface area contributed by atoms with E-state index in [1.165, 1.54) is 4.90 Å². The van der Waals surface area contributed by atoms with E-state index >= 15 is 0 Å². The zero-order valence-corrected chi connectivity index (χ0v) is 21.0. The summed E-state index contributed by atoms with van der Waals surface area (Å²) in [5.74, 6) is 0.148. The average Bonchev–Trinajstić information content (AvgIpc) is 3.52. The summed E-state index contributed by atoms with van der Waals surface area (Å²) in [5.41, 5.74) is 1.83. The zero-order valence-electron chi connectivity index (χ0n) is 19.4. The maximum Gasteiger partial charge on any atom is 0.322 e. The lowest BCUT2D eigenvalue weighted by atomic mass is 10.1. The van der Waals surface area contributed by atoms with Crippen LogP contribution < -0.4 is 10.6 Å². The van der Waals surface area contributed by atoms with Gasteiger partial charge in [0.05, 0.1) is 6.26 Å². The summed E-state index contributed by atoms with van der Waals surface area (Å²) in [7, 11) is -3.56. The molecule has 0 radical (unpaired) electrons. The highest BCUT2D eigenvalue weighted by atomic mass is 35.5. The molecule has 0 spiro atoms. The number of urea groups is 1. The molecule has 0 aliphatic carbocycles. The van der Waals surface area contributed by atoms with Gasteiger partial charge in [-0.05, 0) is 74.2 Å². The van der Waals surface area contributed by atoms with Crippen molar-refractivity contribution in [2.24, 2.45) is 4.40 Å². The van der Waals surface area contributed by atoms with Crippen LogP contribution >= 0.6 is 11.6 Å². The fourth-order valence-electron chi connectivity index (χ4n) is 4.32. The van der Waals surface area contributed by atoms with Crippen molar-refractivity contribution in [3.8, 4) is 0 Å². The highest BCUT2D eigenvalue weighted by molar-refractivity contribution is 7.89. The monoisotopic (exact) mass is 517 g/mol. The lowest BCUT2D eigenvalue weighted by Gasteiger charge is -2.24. The van der Waals surface area contributed by atoms with Gasteiger partial charge < -0.3 is 20.4 Å². The molecule has 186 valence electrons. The third kappa shape index (κ3) is 6.52. The Morgan fingerprint density at radius 1 is 0.914 bits per heavy atom. The quantitative estimate of drug-likeness (QED) is 0.463. The van der Waals surface area contributed by atoms with Gasteiger partial charge in [-0.3, -0.25) is 4.79 Å². The van der Waals surface area contributed by atoms with E-state index in [0.717, 1.165) is 38.6 Å². The fourth-order valence-corrected chi connectivity index (χ4v) is 4.98. The van der Waals surface area contributed by atoms with Gasteiger partial charge >= 0.3 is 6.03 Å². The van der Waals surface area contributed by atoms with Gasteiger partial charge in [0.1, 0.15) is 11.9 Å².